The molecule has 2 N–H and O–H groups in total. The number of halogens is 3. The van der Waals surface area contributed by atoms with Crippen molar-refractivity contribution in [2.24, 2.45) is 5.73 Å². The van der Waals surface area contributed by atoms with E-state index in [2.05, 4.69) is 15.9 Å². The molecule has 0 aliphatic heterocycles. The molecule has 1 nitrogen and oxygen atoms in total. The van der Waals surface area contributed by atoms with Crippen LogP contribution in [0.15, 0.2) is 50.7 Å². The second kappa shape index (κ2) is 6.03. The van der Waals surface area contributed by atoms with Crippen LogP contribution in [0.2, 0.25) is 0 Å². The summed E-state index contributed by atoms with van der Waals surface area (Å²) in [4.78, 5) is 1.58. The Morgan fingerprint density at radius 2 is 1.68 bits per heavy atom. The Morgan fingerprint density at radius 3 is 2.26 bits per heavy atom. The summed E-state index contributed by atoms with van der Waals surface area (Å²) in [6.45, 7) is 1.91. The van der Waals surface area contributed by atoms with E-state index >= 15 is 0 Å². The normalized spacial score (nSPS) is 12.5. The second-order valence-corrected chi connectivity index (χ2v) is 6.15. The minimum Gasteiger partial charge on any atom is -0.324 e. The number of benzene rings is 2. The molecule has 1 atom stereocenters. The van der Waals surface area contributed by atoms with Crippen molar-refractivity contribution in [2.75, 3.05) is 0 Å². The zero-order valence-corrected chi connectivity index (χ0v) is 12.6. The fourth-order valence-corrected chi connectivity index (χ4v) is 3.39. The summed E-state index contributed by atoms with van der Waals surface area (Å²) in [5, 5.41) is 0. The first-order valence-electron chi connectivity index (χ1n) is 5.65. The van der Waals surface area contributed by atoms with E-state index in [1.165, 1.54) is 17.8 Å². The van der Waals surface area contributed by atoms with Crippen LogP contribution in [0.1, 0.15) is 18.5 Å². The standard InChI is InChI=1S/C14H12BrF2NS/c1-8(18)11-4-2-9(6-12(11)15)19-10-3-5-13(16)14(17)7-10/h2-8H,18H2,1H3/t8-/m0/s1. The lowest BCUT2D eigenvalue weighted by Gasteiger charge is -2.10. The fourth-order valence-electron chi connectivity index (χ4n) is 1.62. The van der Waals surface area contributed by atoms with Crippen LogP contribution in [-0.4, -0.2) is 0 Å². The van der Waals surface area contributed by atoms with Crippen molar-refractivity contribution in [1.82, 2.24) is 0 Å². The number of hydrogen-bond acceptors (Lipinski definition) is 2. The first kappa shape index (κ1) is 14.5. The average molecular weight is 344 g/mol. The van der Waals surface area contributed by atoms with Crippen LogP contribution in [0.3, 0.4) is 0 Å². The number of rotatable bonds is 3. The largest absolute Gasteiger partial charge is 0.324 e. The molecule has 5 heteroatoms. The monoisotopic (exact) mass is 343 g/mol. The summed E-state index contributed by atoms with van der Waals surface area (Å²) in [5.74, 6) is -1.67. The van der Waals surface area contributed by atoms with E-state index in [9.17, 15) is 8.78 Å². The van der Waals surface area contributed by atoms with Crippen LogP contribution in [0, 0.1) is 11.6 Å². The minimum atomic E-state index is -0.837. The topological polar surface area (TPSA) is 26.0 Å². The van der Waals surface area contributed by atoms with Crippen molar-refractivity contribution in [2.45, 2.75) is 22.8 Å². The van der Waals surface area contributed by atoms with Gasteiger partial charge < -0.3 is 5.73 Å². The Hall–Kier alpha value is -0.910. The first-order chi connectivity index (χ1) is 8.97. The summed E-state index contributed by atoms with van der Waals surface area (Å²) in [7, 11) is 0. The van der Waals surface area contributed by atoms with Gasteiger partial charge in [-0.05, 0) is 42.8 Å². The van der Waals surface area contributed by atoms with Crippen molar-refractivity contribution >= 4 is 27.7 Å². The van der Waals surface area contributed by atoms with E-state index in [1.54, 1.807) is 6.07 Å². The molecule has 100 valence electrons. The Labute approximate surface area is 123 Å². The Kier molecular flexibility index (Phi) is 4.60. The van der Waals surface area contributed by atoms with Crippen molar-refractivity contribution in [3.05, 3.63) is 58.1 Å². The lowest BCUT2D eigenvalue weighted by Crippen LogP contribution is -2.05. The zero-order chi connectivity index (χ0) is 14.0. The molecule has 0 saturated heterocycles. The molecule has 2 aromatic carbocycles. The molecule has 0 radical (unpaired) electrons. The number of nitrogens with two attached hydrogens (primary N) is 1. The summed E-state index contributed by atoms with van der Waals surface area (Å²) in [6, 6.07) is 9.57. The van der Waals surface area contributed by atoms with Crippen LogP contribution >= 0.6 is 27.7 Å². The Morgan fingerprint density at radius 1 is 1.05 bits per heavy atom. The molecule has 0 aliphatic carbocycles. The summed E-state index contributed by atoms with van der Waals surface area (Å²) < 4.78 is 26.9. The van der Waals surface area contributed by atoms with Crippen molar-refractivity contribution < 1.29 is 8.78 Å². The maximum atomic E-state index is 13.1. The van der Waals surface area contributed by atoms with Gasteiger partial charge in [-0.25, -0.2) is 8.78 Å². The molecular formula is C14H12BrF2NS. The second-order valence-electron chi connectivity index (χ2n) is 4.15. The highest BCUT2D eigenvalue weighted by molar-refractivity contribution is 9.10. The molecule has 0 heterocycles. The average Bonchev–Trinajstić information content (AvgIpc) is 2.33. The Bertz CT molecular complexity index is 602. The van der Waals surface area contributed by atoms with E-state index in [0.29, 0.717) is 4.90 Å². The van der Waals surface area contributed by atoms with Gasteiger partial charge in [0, 0.05) is 20.3 Å². The summed E-state index contributed by atoms with van der Waals surface area (Å²) in [6.07, 6.45) is 0. The quantitative estimate of drug-likeness (QED) is 0.857. The molecule has 0 bridgehead atoms. The van der Waals surface area contributed by atoms with Crippen molar-refractivity contribution in [3.63, 3.8) is 0 Å². The van der Waals surface area contributed by atoms with Gasteiger partial charge in [0.05, 0.1) is 0 Å². The highest BCUT2D eigenvalue weighted by Gasteiger charge is 2.08. The molecule has 19 heavy (non-hydrogen) atoms. The lowest BCUT2D eigenvalue weighted by atomic mass is 10.1. The predicted octanol–water partition coefficient (Wildman–Crippen LogP) is 4.90. The van der Waals surface area contributed by atoms with Crippen LogP contribution in [-0.2, 0) is 0 Å². The third-order valence-electron chi connectivity index (χ3n) is 2.59. The highest BCUT2D eigenvalue weighted by atomic mass is 79.9. The van der Waals surface area contributed by atoms with Gasteiger partial charge in [-0.15, -0.1) is 0 Å². The maximum Gasteiger partial charge on any atom is 0.159 e. The smallest absolute Gasteiger partial charge is 0.159 e. The lowest BCUT2D eigenvalue weighted by molar-refractivity contribution is 0.506. The highest BCUT2D eigenvalue weighted by Crippen LogP contribution is 2.33. The molecule has 0 unspecified atom stereocenters. The third-order valence-corrected chi connectivity index (χ3v) is 4.26. The van der Waals surface area contributed by atoms with E-state index in [0.717, 1.165) is 21.0 Å². The van der Waals surface area contributed by atoms with Crippen LogP contribution in [0.4, 0.5) is 8.78 Å². The van der Waals surface area contributed by atoms with E-state index in [4.69, 9.17) is 5.73 Å². The van der Waals surface area contributed by atoms with Crippen molar-refractivity contribution in [1.29, 1.82) is 0 Å². The molecule has 0 fully saturated rings. The minimum absolute atomic E-state index is 0.0586. The predicted molar refractivity (Wildman–Crippen MR) is 77.2 cm³/mol. The van der Waals surface area contributed by atoms with Gasteiger partial charge in [0.1, 0.15) is 0 Å². The summed E-state index contributed by atoms with van der Waals surface area (Å²) >= 11 is 4.83. The SMILES string of the molecule is C[C@H](N)c1ccc(Sc2ccc(F)c(F)c2)cc1Br. The van der Waals surface area contributed by atoms with Crippen LogP contribution < -0.4 is 5.73 Å². The molecule has 0 aliphatic rings. The van der Waals surface area contributed by atoms with Gasteiger partial charge in [0.15, 0.2) is 11.6 Å². The van der Waals surface area contributed by atoms with E-state index < -0.39 is 11.6 Å². The van der Waals surface area contributed by atoms with Crippen LogP contribution in [0.25, 0.3) is 0 Å². The molecule has 0 spiro atoms. The van der Waals surface area contributed by atoms with Crippen molar-refractivity contribution in [3.8, 4) is 0 Å². The van der Waals surface area contributed by atoms with Gasteiger partial charge in [-0.2, -0.15) is 0 Å². The number of hydrogen-bond donors (Lipinski definition) is 1. The maximum absolute atomic E-state index is 13.1. The van der Waals surface area contributed by atoms with E-state index in [1.807, 2.05) is 25.1 Å². The molecular weight excluding hydrogens is 332 g/mol. The fraction of sp³-hybridized carbons (Fsp3) is 0.143. The van der Waals surface area contributed by atoms with E-state index in [-0.39, 0.29) is 6.04 Å². The van der Waals surface area contributed by atoms with Gasteiger partial charge in [0.25, 0.3) is 0 Å². The first-order valence-corrected chi connectivity index (χ1v) is 7.26. The molecule has 0 aromatic heterocycles. The van der Waals surface area contributed by atoms with Gasteiger partial charge in [0.2, 0.25) is 0 Å². The molecule has 2 rings (SSSR count). The van der Waals surface area contributed by atoms with Gasteiger partial charge in [-0.3, -0.25) is 0 Å². The Balaban J connectivity index is 2.24. The molecule has 2 aromatic rings. The van der Waals surface area contributed by atoms with Crippen LogP contribution in [0.5, 0.6) is 0 Å². The third kappa shape index (κ3) is 3.55. The molecule has 0 amide bonds. The summed E-state index contributed by atoms with van der Waals surface area (Å²) in [5.41, 5.74) is 6.83. The van der Waals surface area contributed by atoms with Gasteiger partial charge >= 0.3 is 0 Å². The zero-order valence-electron chi connectivity index (χ0n) is 10.2. The van der Waals surface area contributed by atoms with Gasteiger partial charge in [-0.1, -0.05) is 33.8 Å². The molecule has 0 saturated carbocycles.